The predicted octanol–water partition coefficient (Wildman–Crippen LogP) is 5.39. The molecular weight excluding hydrogens is 258 g/mol. The van der Waals surface area contributed by atoms with Gasteiger partial charge in [-0.15, -0.1) is 0 Å². The van der Waals surface area contributed by atoms with Gasteiger partial charge in [0.1, 0.15) is 0 Å². The smallest absolute Gasteiger partial charge is 0.226 e. The van der Waals surface area contributed by atoms with E-state index in [0.717, 1.165) is 6.42 Å². The average molecular weight is 293 g/mol. The topological polar surface area (TPSA) is 20.3 Å². The third-order valence-electron chi connectivity index (χ3n) is 4.53. The highest BCUT2D eigenvalue weighted by molar-refractivity contribution is 5.79. The second kappa shape index (κ2) is 6.54. The fourth-order valence-electron chi connectivity index (χ4n) is 3.48. The van der Waals surface area contributed by atoms with E-state index in [0.29, 0.717) is 18.2 Å². The van der Waals surface area contributed by atoms with Gasteiger partial charge in [0.15, 0.2) is 0 Å². The van der Waals surface area contributed by atoms with Gasteiger partial charge in [0, 0.05) is 24.6 Å². The summed E-state index contributed by atoms with van der Waals surface area (Å²) in [7, 11) is 1.97. The SMILES string of the molecule is CCCCC1CC(=O)N(C)C(C(C)(C)C)=C(C(C)(C)C)C1. The Hall–Kier alpha value is -0.790. The molecule has 0 N–H and O–H groups in total. The van der Waals surface area contributed by atoms with Crippen LogP contribution in [-0.4, -0.2) is 17.9 Å². The molecule has 0 aromatic carbocycles. The highest BCUT2D eigenvalue weighted by atomic mass is 16.2. The number of amides is 1. The molecule has 0 saturated carbocycles. The first kappa shape index (κ1) is 18.3. The molecule has 0 radical (unpaired) electrons. The number of nitrogens with zero attached hydrogens (tertiary/aromatic N) is 1. The summed E-state index contributed by atoms with van der Waals surface area (Å²) in [6.45, 7) is 15.8. The second-order valence-electron chi connectivity index (χ2n) is 8.70. The molecule has 2 heteroatoms. The fraction of sp³-hybridized carbons (Fsp3) is 0.842. The maximum absolute atomic E-state index is 12.6. The molecule has 1 heterocycles. The summed E-state index contributed by atoms with van der Waals surface area (Å²) >= 11 is 0. The van der Waals surface area contributed by atoms with Crippen LogP contribution < -0.4 is 0 Å². The van der Waals surface area contributed by atoms with Gasteiger partial charge in [-0.1, -0.05) is 61.3 Å². The first-order chi connectivity index (χ1) is 9.48. The number of carbonyl (C=O) groups is 1. The average Bonchev–Trinajstić information content (AvgIpc) is 2.43. The van der Waals surface area contributed by atoms with E-state index in [2.05, 4.69) is 48.5 Å². The van der Waals surface area contributed by atoms with E-state index in [-0.39, 0.29) is 10.8 Å². The van der Waals surface area contributed by atoms with Crippen LogP contribution in [-0.2, 0) is 4.79 Å². The van der Waals surface area contributed by atoms with Crippen LogP contribution in [0.25, 0.3) is 0 Å². The number of rotatable bonds is 3. The van der Waals surface area contributed by atoms with E-state index in [1.54, 1.807) is 0 Å². The summed E-state index contributed by atoms with van der Waals surface area (Å²) in [5, 5.41) is 0. The van der Waals surface area contributed by atoms with Gasteiger partial charge in [0.2, 0.25) is 5.91 Å². The van der Waals surface area contributed by atoms with Gasteiger partial charge in [0.25, 0.3) is 0 Å². The van der Waals surface area contributed by atoms with Crippen LogP contribution in [0, 0.1) is 16.7 Å². The van der Waals surface area contributed by atoms with E-state index in [4.69, 9.17) is 0 Å². The minimum Gasteiger partial charge on any atom is -0.319 e. The summed E-state index contributed by atoms with van der Waals surface area (Å²) in [4.78, 5) is 14.6. The molecule has 0 fully saturated rings. The Morgan fingerprint density at radius 3 is 2.05 bits per heavy atom. The summed E-state index contributed by atoms with van der Waals surface area (Å²) in [5.74, 6) is 0.800. The van der Waals surface area contributed by atoms with E-state index in [9.17, 15) is 4.79 Å². The van der Waals surface area contributed by atoms with E-state index >= 15 is 0 Å². The fourth-order valence-corrected chi connectivity index (χ4v) is 3.48. The standard InChI is InChI=1S/C19H35NO/c1-9-10-11-14-12-15(18(2,3)4)17(19(5,6)7)20(8)16(21)13-14/h14H,9-13H2,1-8H3. The zero-order valence-corrected chi connectivity index (χ0v) is 15.5. The van der Waals surface area contributed by atoms with Gasteiger partial charge in [-0.25, -0.2) is 0 Å². The second-order valence-corrected chi connectivity index (χ2v) is 8.70. The molecule has 0 bridgehead atoms. The molecular formula is C19H35NO. The molecule has 1 aliphatic heterocycles. The van der Waals surface area contributed by atoms with Gasteiger partial charge in [-0.3, -0.25) is 4.79 Å². The Balaban J connectivity index is 3.31. The van der Waals surface area contributed by atoms with Crippen molar-refractivity contribution >= 4 is 5.91 Å². The molecule has 0 aromatic heterocycles. The lowest BCUT2D eigenvalue weighted by Gasteiger charge is -2.36. The normalized spacial score (nSPS) is 21.8. The van der Waals surface area contributed by atoms with Crippen LogP contribution >= 0.6 is 0 Å². The molecule has 122 valence electrons. The lowest BCUT2D eigenvalue weighted by atomic mass is 9.74. The van der Waals surface area contributed by atoms with Crippen molar-refractivity contribution in [1.29, 1.82) is 0 Å². The molecule has 2 nitrogen and oxygen atoms in total. The number of allylic oxidation sites excluding steroid dienone is 2. The Kier molecular flexibility index (Phi) is 5.69. The van der Waals surface area contributed by atoms with Gasteiger partial charge in [-0.2, -0.15) is 0 Å². The van der Waals surface area contributed by atoms with Crippen LogP contribution in [0.15, 0.2) is 11.3 Å². The predicted molar refractivity (Wildman–Crippen MR) is 91.0 cm³/mol. The van der Waals surface area contributed by atoms with Crippen LogP contribution in [0.5, 0.6) is 0 Å². The summed E-state index contributed by atoms with van der Waals surface area (Å²) < 4.78 is 0. The van der Waals surface area contributed by atoms with Crippen molar-refractivity contribution in [2.75, 3.05) is 7.05 Å². The number of hydrogen-bond acceptors (Lipinski definition) is 1. The Morgan fingerprint density at radius 1 is 1.05 bits per heavy atom. The lowest BCUT2D eigenvalue weighted by Crippen LogP contribution is -2.34. The van der Waals surface area contributed by atoms with Crippen LogP contribution in [0.1, 0.15) is 80.6 Å². The molecule has 1 rings (SSSR count). The quantitative estimate of drug-likeness (QED) is 0.683. The third-order valence-corrected chi connectivity index (χ3v) is 4.53. The summed E-state index contributed by atoms with van der Waals surface area (Å²) in [6, 6.07) is 0. The van der Waals surface area contributed by atoms with Gasteiger partial charge < -0.3 is 4.90 Å². The largest absolute Gasteiger partial charge is 0.319 e. The molecule has 0 aliphatic carbocycles. The summed E-state index contributed by atoms with van der Waals surface area (Å²) in [6.07, 6.45) is 5.39. The number of carbonyl (C=O) groups excluding carboxylic acids is 1. The van der Waals surface area contributed by atoms with E-state index < -0.39 is 0 Å². The third kappa shape index (κ3) is 4.59. The van der Waals surface area contributed by atoms with Gasteiger partial charge in [0.05, 0.1) is 0 Å². The highest BCUT2D eigenvalue weighted by Crippen LogP contribution is 2.44. The van der Waals surface area contributed by atoms with Crippen LogP contribution in [0.2, 0.25) is 0 Å². The molecule has 1 amide bonds. The number of unbranched alkanes of at least 4 members (excludes halogenated alkanes) is 1. The van der Waals surface area contributed by atoms with Crippen molar-refractivity contribution in [3.8, 4) is 0 Å². The molecule has 0 aromatic rings. The molecule has 21 heavy (non-hydrogen) atoms. The van der Waals surface area contributed by atoms with Gasteiger partial charge >= 0.3 is 0 Å². The minimum atomic E-state index is 0.00662. The van der Waals surface area contributed by atoms with Crippen molar-refractivity contribution in [2.24, 2.45) is 16.7 Å². The molecule has 0 spiro atoms. The monoisotopic (exact) mass is 293 g/mol. The van der Waals surface area contributed by atoms with E-state index in [1.807, 2.05) is 11.9 Å². The van der Waals surface area contributed by atoms with Crippen molar-refractivity contribution < 1.29 is 4.79 Å². The van der Waals surface area contributed by atoms with Crippen molar-refractivity contribution in [3.05, 3.63) is 11.3 Å². The van der Waals surface area contributed by atoms with E-state index in [1.165, 1.54) is 30.5 Å². The Morgan fingerprint density at radius 2 is 1.62 bits per heavy atom. The first-order valence-corrected chi connectivity index (χ1v) is 8.49. The molecule has 1 atom stereocenters. The molecule has 1 unspecified atom stereocenters. The lowest BCUT2D eigenvalue weighted by molar-refractivity contribution is -0.129. The maximum atomic E-state index is 12.6. The Labute approximate surface area is 132 Å². The highest BCUT2D eigenvalue weighted by Gasteiger charge is 2.36. The molecule has 1 aliphatic rings. The van der Waals surface area contributed by atoms with Gasteiger partial charge in [-0.05, 0) is 29.7 Å². The van der Waals surface area contributed by atoms with Crippen molar-refractivity contribution in [3.63, 3.8) is 0 Å². The first-order valence-electron chi connectivity index (χ1n) is 8.49. The Bertz CT molecular complexity index is 406. The van der Waals surface area contributed by atoms with Crippen molar-refractivity contribution in [2.45, 2.75) is 80.6 Å². The minimum absolute atomic E-state index is 0.00662. The van der Waals surface area contributed by atoms with Crippen LogP contribution in [0.4, 0.5) is 0 Å². The maximum Gasteiger partial charge on any atom is 0.226 e. The van der Waals surface area contributed by atoms with Crippen molar-refractivity contribution in [1.82, 2.24) is 4.90 Å². The zero-order chi connectivity index (χ0) is 16.4. The number of hydrogen-bond donors (Lipinski definition) is 0. The molecule has 0 saturated heterocycles. The van der Waals surface area contributed by atoms with Crippen LogP contribution in [0.3, 0.4) is 0 Å². The zero-order valence-electron chi connectivity index (χ0n) is 15.5. The summed E-state index contributed by atoms with van der Waals surface area (Å²) in [5.41, 5.74) is 2.85.